The zero-order valence-corrected chi connectivity index (χ0v) is 20.3. The fraction of sp³-hybridized carbons (Fsp3) is 0.208. The van der Waals surface area contributed by atoms with E-state index in [0.29, 0.717) is 23.6 Å². The summed E-state index contributed by atoms with van der Waals surface area (Å²) in [6.45, 7) is 3.88. The van der Waals surface area contributed by atoms with Crippen LogP contribution in [0.2, 0.25) is 0 Å². The minimum absolute atomic E-state index is 0.204. The molecule has 2 N–H and O–H groups in total. The Balaban J connectivity index is 1.67. The van der Waals surface area contributed by atoms with Crippen LogP contribution in [-0.2, 0) is 11.2 Å². The second-order valence-electron chi connectivity index (χ2n) is 7.44. The van der Waals surface area contributed by atoms with Crippen LogP contribution >= 0.6 is 31.9 Å². The minimum Gasteiger partial charge on any atom is -0.508 e. The fourth-order valence-electron chi connectivity index (χ4n) is 3.12. The van der Waals surface area contributed by atoms with Crippen LogP contribution in [0.5, 0.6) is 11.5 Å². The van der Waals surface area contributed by atoms with Crippen molar-refractivity contribution in [2.45, 2.75) is 26.2 Å². The average molecular weight is 551 g/mol. The standard InChI is InChI=1S/C24H22Br2FNO3/c1-14(2)19-8-15(6-7-23(19)29)9-20-21(25)11-18(12-22(20)26)31-13-24(30)28-17-5-3-4-16(27)10-17/h3-8,10-12,14,29H,9,13H2,1-2H3,(H,28,30). The Morgan fingerprint density at radius 1 is 1.10 bits per heavy atom. The van der Waals surface area contributed by atoms with E-state index in [-0.39, 0.29) is 18.4 Å². The van der Waals surface area contributed by atoms with E-state index in [2.05, 4.69) is 37.2 Å². The summed E-state index contributed by atoms with van der Waals surface area (Å²) in [5.41, 5.74) is 3.39. The van der Waals surface area contributed by atoms with Crippen molar-refractivity contribution in [3.63, 3.8) is 0 Å². The number of nitrogens with one attached hydrogen (secondary N) is 1. The molecule has 0 heterocycles. The second-order valence-corrected chi connectivity index (χ2v) is 9.15. The van der Waals surface area contributed by atoms with Crippen molar-refractivity contribution in [3.8, 4) is 11.5 Å². The molecule has 0 bridgehead atoms. The van der Waals surface area contributed by atoms with Gasteiger partial charge in [-0.2, -0.15) is 0 Å². The van der Waals surface area contributed by atoms with E-state index in [9.17, 15) is 14.3 Å². The number of amides is 1. The van der Waals surface area contributed by atoms with Crippen molar-refractivity contribution < 1.29 is 19.0 Å². The van der Waals surface area contributed by atoms with Crippen LogP contribution in [0.25, 0.3) is 0 Å². The molecule has 0 aliphatic heterocycles. The molecule has 162 valence electrons. The molecule has 0 aromatic heterocycles. The maximum atomic E-state index is 13.2. The topological polar surface area (TPSA) is 58.6 Å². The smallest absolute Gasteiger partial charge is 0.262 e. The Hall–Kier alpha value is -2.38. The number of carbonyl (C=O) groups excluding carboxylic acids is 1. The molecule has 1 amide bonds. The molecule has 31 heavy (non-hydrogen) atoms. The third-order valence-corrected chi connectivity index (χ3v) is 6.10. The maximum Gasteiger partial charge on any atom is 0.262 e. The summed E-state index contributed by atoms with van der Waals surface area (Å²) < 4.78 is 20.5. The van der Waals surface area contributed by atoms with E-state index in [1.165, 1.54) is 18.2 Å². The molecule has 7 heteroatoms. The van der Waals surface area contributed by atoms with Crippen molar-refractivity contribution in [2.75, 3.05) is 11.9 Å². The van der Waals surface area contributed by atoms with Gasteiger partial charge < -0.3 is 15.2 Å². The summed E-state index contributed by atoms with van der Waals surface area (Å²) in [5.74, 6) is 0.243. The molecule has 3 aromatic carbocycles. The van der Waals surface area contributed by atoms with Gasteiger partial charge >= 0.3 is 0 Å². The number of rotatable bonds is 7. The fourth-order valence-corrected chi connectivity index (χ4v) is 4.55. The first-order chi connectivity index (χ1) is 14.7. The lowest BCUT2D eigenvalue weighted by Gasteiger charge is -2.14. The number of aromatic hydroxyl groups is 1. The van der Waals surface area contributed by atoms with Crippen molar-refractivity contribution in [3.05, 3.63) is 86.1 Å². The molecule has 0 saturated carbocycles. The zero-order valence-electron chi connectivity index (χ0n) is 17.1. The molecule has 0 aliphatic carbocycles. The van der Waals surface area contributed by atoms with Gasteiger partial charge in [-0.25, -0.2) is 4.39 Å². The molecule has 0 fully saturated rings. The molecule has 0 radical (unpaired) electrons. The molecule has 0 unspecified atom stereocenters. The highest BCUT2D eigenvalue weighted by Crippen LogP contribution is 2.34. The van der Waals surface area contributed by atoms with Gasteiger partial charge in [0.2, 0.25) is 0 Å². The van der Waals surface area contributed by atoms with Crippen LogP contribution in [0.1, 0.15) is 36.5 Å². The number of anilines is 1. The highest BCUT2D eigenvalue weighted by Gasteiger charge is 2.13. The van der Waals surface area contributed by atoms with Crippen molar-refractivity contribution >= 4 is 43.5 Å². The van der Waals surface area contributed by atoms with Crippen molar-refractivity contribution in [2.24, 2.45) is 0 Å². The molecular weight excluding hydrogens is 529 g/mol. The third kappa shape index (κ3) is 6.31. The second kappa shape index (κ2) is 10.3. The molecule has 0 saturated heterocycles. The number of benzene rings is 3. The summed E-state index contributed by atoms with van der Waals surface area (Å²) in [5, 5.41) is 12.6. The van der Waals surface area contributed by atoms with E-state index in [0.717, 1.165) is 25.6 Å². The number of ether oxygens (including phenoxy) is 1. The molecule has 4 nitrogen and oxygen atoms in total. The Bertz CT molecular complexity index is 1080. The molecule has 3 rings (SSSR count). The lowest BCUT2D eigenvalue weighted by molar-refractivity contribution is -0.118. The Kier molecular flexibility index (Phi) is 7.73. The SMILES string of the molecule is CC(C)c1cc(Cc2c(Br)cc(OCC(=O)Nc3cccc(F)c3)cc2Br)ccc1O. The number of hydrogen-bond donors (Lipinski definition) is 2. The van der Waals surface area contributed by atoms with Gasteiger partial charge in [-0.3, -0.25) is 4.79 Å². The Morgan fingerprint density at radius 3 is 2.45 bits per heavy atom. The Labute approximate surface area is 197 Å². The first-order valence-electron chi connectivity index (χ1n) is 9.71. The van der Waals surface area contributed by atoms with Crippen LogP contribution in [0, 0.1) is 5.82 Å². The van der Waals surface area contributed by atoms with Gasteiger partial charge in [0.15, 0.2) is 6.61 Å². The number of phenols is 1. The average Bonchev–Trinajstić information content (AvgIpc) is 2.70. The summed E-state index contributed by atoms with van der Waals surface area (Å²) in [7, 11) is 0. The normalized spacial score (nSPS) is 10.9. The van der Waals surface area contributed by atoms with Gasteiger partial charge in [-0.1, -0.05) is 63.9 Å². The lowest BCUT2D eigenvalue weighted by atomic mass is 9.96. The maximum absolute atomic E-state index is 13.2. The summed E-state index contributed by atoms with van der Waals surface area (Å²) in [6, 6.07) is 14.9. The van der Waals surface area contributed by atoms with Crippen LogP contribution in [0.4, 0.5) is 10.1 Å². The lowest BCUT2D eigenvalue weighted by Crippen LogP contribution is -2.20. The van der Waals surface area contributed by atoms with E-state index >= 15 is 0 Å². The zero-order chi connectivity index (χ0) is 22.5. The predicted octanol–water partition coefficient (Wildman–Crippen LogP) is 6.79. The van der Waals surface area contributed by atoms with Crippen molar-refractivity contribution in [1.29, 1.82) is 0 Å². The van der Waals surface area contributed by atoms with Crippen LogP contribution in [0.3, 0.4) is 0 Å². The van der Waals surface area contributed by atoms with Gasteiger partial charge in [0.05, 0.1) is 0 Å². The number of phenolic OH excluding ortho intramolecular Hbond substituents is 1. The monoisotopic (exact) mass is 549 g/mol. The van der Waals surface area contributed by atoms with Crippen molar-refractivity contribution in [1.82, 2.24) is 0 Å². The first kappa shape index (κ1) is 23.3. The molecular formula is C24H22Br2FNO3. The van der Waals surface area contributed by atoms with E-state index in [1.54, 1.807) is 24.3 Å². The number of carbonyl (C=O) groups is 1. The summed E-state index contributed by atoms with van der Waals surface area (Å²) in [6.07, 6.45) is 0.654. The van der Waals surface area contributed by atoms with Gasteiger partial charge in [-0.05, 0) is 65.4 Å². The predicted molar refractivity (Wildman–Crippen MR) is 127 cm³/mol. The molecule has 3 aromatic rings. The van der Waals surface area contributed by atoms with E-state index < -0.39 is 5.82 Å². The van der Waals surface area contributed by atoms with Gasteiger partial charge in [0, 0.05) is 14.6 Å². The first-order valence-corrected chi connectivity index (χ1v) is 11.3. The van der Waals surface area contributed by atoms with Crippen LogP contribution in [0.15, 0.2) is 63.5 Å². The Morgan fingerprint density at radius 2 is 1.81 bits per heavy atom. The van der Waals surface area contributed by atoms with Gasteiger partial charge in [-0.15, -0.1) is 0 Å². The number of halogens is 3. The summed E-state index contributed by atoms with van der Waals surface area (Å²) >= 11 is 7.17. The van der Waals surface area contributed by atoms with Crippen LogP contribution in [-0.4, -0.2) is 17.6 Å². The third-order valence-electron chi connectivity index (χ3n) is 4.69. The molecule has 0 atom stereocenters. The van der Waals surface area contributed by atoms with Gasteiger partial charge in [0.1, 0.15) is 17.3 Å². The largest absolute Gasteiger partial charge is 0.508 e. The van der Waals surface area contributed by atoms with Gasteiger partial charge in [0.25, 0.3) is 5.91 Å². The van der Waals surface area contributed by atoms with E-state index in [1.807, 2.05) is 26.0 Å². The van der Waals surface area contributed by atoms with E-state index in [4.69, 9.17) is 4.74 Å². The summed E-state index contributed by atoms with van der Waals surface area (Å²) in [4.78, 5) is 12.1. The highest BCUT2D eigenvalue weighted by atomic mass is 79.9. The number of hydrogen-bond acceptors (Lipinski definition) is 3. The minimum atomic E-state index is -0.420. The molecule has 0 spiro atoms. The molecule has 0 aliphatic rings. The quantitative estimate of drug-likeness (QED) is 0.340. The van der Waals surface area contributed by atoms with Crippen LogP contribution < -0.4 is 10.1 Å². The highest BCUT2D eigenvalue weighted by molar-refractivity contribution is 9.11.